The minimum absolute atomic E-state index is 0.0427. The Labute approximate surface area is 119 Å². The van der Waals surface area contributed by atoms with Crippen LogP contribution in [0.25, 0.3) is 0 Å². The first-order chi connectivity index (χ1) is 9.54. The van der Waals surface area contributed by atoms with E-state index in [9.17, 15) is 9.18 Å². The van der Waals surface area contributed by atoms with Crippen molar-refractivity contribution in [3.05, 3.63) is 35.1 Å². The highest BCUT2D eigenvalue weighted by Crippen LogP contribution is 2.14. The van der Waals surface area contributed by atoms with E-state index >= 15 is 0 Å². The number of benzene rings is 1. The highest BCUT2D eigenvalue weighted by molar-refractivity contribution is 5.87. The second-order valence-corrected chi connectivity index (χ2v) is 5.08. The van der Waals surface area contributed by atoms with Crippen molar-refractivity contribution in [3.8, 4) is 0 Å². The minimum Gasteiger partial charge on any atom is -0.478 e. The molecule has 20 heavy (non-hydrogen) atoms. The lowest BCUT2D eigenvalue weighted by Gasteiger charge is -2.13. The first-order valence-electron chi connectivity index (χ1n) is 7.18. The standard InChI is InChI=1S/C16H23FO3/c1-3-4-5-6-7-12(2)20-11-14-9-8-13(16(18)19)10-15(14)17/h8-10,12H,3-7,11H2,1-2H3,(H,18,19). The van der Waals surface area contributed by atoms with Gasteiger partial charge in [0.15, 0.2) is 0 Å². The molecule has 0 bridgehead atoms. The summed E-state index contributed by atoms with van der Waals surface area (Å²) >= 11 is 0. The normalized spacial score (nSPS) is 12.3. The van der Waals surface area contributed by atoms with Crippen molar-refractivity contribution in [1.29, 1.82) is 0 Å². The molecule has 1 aromatic carbocycles. The van der Waals surface area contributed by atoms with E-state index in [-0.39, 0.29) is 18.3 Å². The summed E-state index contributed by atoms with van der Waals surface area (Å²) < 4.78 is 19.3. The molecule has 1 rings (SSSR count). The maximum Gasteiger partial charge on any atom is 0.335 e. The number of hydrogen-bond acceptors (Lipinski definition) is 2. The Balaban J connectivity index is 2.39. The number of carboxylic acids is 1. The van der Waals surface area contributed by atoms with Crippen LogP contribution in [0.15, 0.2) is 18.2 Å². The number of carbonyl (C=O) groups is 1. The monoisotopic (exact) mass is 282 g/mol. The number of ether oxygens (including phenoxy) is 1. The van der Waals surface area contributed by atoms with E-state index in [1.54, 1.807) is 0 Å². The molecule has 4 heteroatoms. The average Bonchev–Trinajstić information content (AvgIpc) is 2.42. The molecule has 1 unspecified atom stereocenters. The fourth-order valence-electron chi connectivity index (χ4n) is 1.97. The Morgan fingerprint density at radius 3 is 2.70 bits per heavy atom. The second-order valence-electron chi connectivity index (χ2n) is 5.08. The lowest BCUT2D eigenvalue weighted by atomic mass is 10.1. The molecule has 1 atom stereocenters. The predicted molar refractivity (Wildman–Crippen MR) is 76.4 cm³/mol. The van der Waals surface area contributed by atoms with Gasteiger partial charge in [0.25, 0.3) is 0 Å². The second kappa shape index (κ2) is 8.69. The summed E-state index contributed by atoms with van der Waals surface area (Å²) in [5, 5.41) is 8.76. The molecule has 112 valence electrons. The van der Waals surface area contributed by atoms with Crippen LogP contribution in [0.2, 0.25) is 0 Å². The molecule has 0 amide bonds. The van der Waals surface area contributed by atoms with Crippen LogP contribution in [0, 0.1) is 5.82 Å². The largest absolute Gasteiger partial charge is 0.478 e. The van der Waals surface area contributed by atoms with Crippen LogP contribution in [0.5, 0.6) is 0 Å². The van der Waals surface area contributed by atoms with Crippen LogP contribution in [0.3, 0.4) is 0 Å². The number of hydrogen-bond donors (Lipinski definition) is 1. The van der Waals surface area contributed by atoms with Crippen molar-refractivity contribution >= 4 is 5.97 Å². The van der Waals surface area contributed by atoms with Gasteiger partial charge >= 0.3 is 5.97 Å². The molecule has 0 saturated carbocycles. The molecule has 0 aliphatic rings. The van der Waals surface area contributed by atoms with Gasteiger partial charge in [0.05, 0.1) is 18.3 Å². The Hall–Kier alpha value is -1.42. The van der Waals surface area contributed by atoms with E-state index in [1.807, 2.05) is 6.92 Å². The van der Waals surface area contributed by atoms with Gasteiger partial charge in [-0.15, -0.1) is 0 Å². The lowest BCUT2D eigenvalue weighted by molar-refractivity contribution is 0.0442. The molecule has 3 nitrogen and oxygen atoms in total. The average molecular weight is 282 g/mol. The fraction of sp³-hybridized carbons (Fsp3) is 0.562. The predicted octanol–water partition coefficient (Wildman–Crippen LogP) is 4.40. The van der Waals surface area contributed by atoms with Crippen molar-refractivity contribution < 1.29 is 19.0 Å². The van der Waals surface area contributed by atoms with Gasteiger partial charge in [-0.3, -0.25) is 0 Å². The molecule has 0 fully saturated rings. The number of rotatable bonds is 9. The topological polar surface area (TPSA) is 46.5 Å². The summed E-state index contributed by atoms with van der Waals surface area (Å²) in [4.78, 5) is 10.7. The quantitative estimate of drug-likeness (QED) is 0.683. The van der Waals surface area contributed by atoms with E-state index in [0.29, 0.717) is 5.56 Å². The molecule has 0 aliphatic heterocycles. The van der Waals surface area contributed by atoms with E-state index in [4.69, 9.17) is 9.84 Å². The van der Waals surface area contributed by atoms with Crippen molar-refractivity contribution in [3.63, 3.8) is 0 Å². The van der Waals surface area contributed by atoms with Gasteiger partial charge in [-0.05, 0) is 25.5 Å². The molecule has 0 heterocycles. The van der Waals surface area contributed by atoms with Crippen molar-refractivity contribution in [2.24, 2.45) is 0 Å². The van der Waals surface area contributed by atoms with E-state index in [2.05, 4.69) is 6.92 Å². The molecular formula is C16H23FO3. The van der Waals surface area contributed by atoms with Crippen LogP contribution in [-0.4, -0.2) is 17.2 Å². The zero-order valence-corrected chi connectivity index (χ0v) is 12.2. The van der Waals surface area contributed by atoms with Crippen LogP contribution in [0.4, 0.5) is 4.39 Å². The fourth-order valence-corrected chi connectivity index (χ4v) is 1.97. The molecular weight excluding hydrogens is 259 g/mol. The summed E-state index contributed by atoms with van der Waals surface area (Å²) in [5.74, 6) is -1.65. The Kier molecular flexibility index (Phi) is 7.23. The first kappa shape index (κ1) is 16.6. The SMILES string of the molecule is CCCCCCC(C)OCc1ccc(C(=O)O)cc1F. The third kappa shape index (κ3) is 5.70. The van der Waals surface area contributed by atoms with Gasteiger partial charge < -0.3 is 9.84 Å². The van der Waals surface area contributed by atoms with E-state index in [0.717, 1.165) is 18.9 Å². The number of halogens is 1. The number of carboxylic acid groups (broad SMARTS) is 1. The van der Waals surface area contributed by atoms with Gasteiger partial charge in [0, 0.05) is 5.56 Å². The summed E-state index contributed by atoms with van der Waals surface area (Å²) in [6, 6.07) is 3.91. The van der Waals surface area contributed by atoms with Crippen molar-refractivity contribution in [1.82, 2.24) is 0 Å². The molecule has 0 radical (unpaired) electrons. The zero-order chi connectivity index (χ0) is 15.0. The van der Waals surface area contributed by atoms with Crippen molar-refractivity contribution in [2.45, 2.75) is 58.7 Å². The van der Waals surface area contributed by atoms with Gasteiger partial charge in [-0.25, -0.2) is 9.18 Å². The Bertz CT molecular complexity index is 432. The maximum atomic E-state index is 13.7. The first-order valence-corrected chi connectivity index (χ1v) is 7.18. The van der Waals surface area contributed by atoms with Crippen molar-refractivity contribution in [2.75, 3.05) is 0 Å². The number of aromatic carboxylic acids is 1. The van der Waals surface area contributed by atoms with Crippen LogP contribution >= 0.6 is 0 Å². The molecule has 0 aromatic heterocycles. The summed E-state index contributed by atoms with van der Waals surface area (Å²) in [6.07, 6.45) is 5.82. The van der Waals surface area contributed by atoms with Crippen LogP contribution < -0.4 is 0 Å². The summed E-state index contributed by atoms with van der Waals surface area (Å²) in [6.45, 7) is 4.33. The highest BCUT2D eigenvalue weighted by Gasteiger charge is 2.10. The highest BCUT2D eigenvalue weighted by atomic mass is 19.1. The number of unbranched alkanes of at least 4 members (excludes halogenated alkanes) is 3. The molecule has 1 N–H and O–H groups in total. The van der Waals surface area contributed by atoms with E-state index in [1.165, 1.54) is 31.4 Å². The van der Waals surface area contributed by atoms with E-state index < -0.39 is 11.8 Å². The zero-order valence-electron chi connectivity index (χ0n) is 12.2. The summed E-state index contributed by atoms with van der Waals surface area (Å²) in [7, 11) is 0. The molecule has 0 aliphatic carbocycles. The third-order valence-corrected chi connectivity index (χ3v) is 3.29. The lowest BCUT2D eigenvalue weighted by Crippen LogP contribution is -2.09. The maximum absolute atomic E-state index is 13.7. The van der Waals surface area contributed by atoms with Gasteiger partial charge in [0.1, 0.15) is 5.82 Å². The Morgan fingerprint density at radius 2 is 2.10 bits per heavy atom. The molecule has 0 spiro atoms. The Morgan fingerprint density at radius 1 is 1.35 bits per heavy atom. The summed E-state index contributed by atoms with van der Waals surface area (Å²) in [5.41, 5.74) is 0.356. The van der Waals surface area contributed by atoms with Gasteiger partial charge in [-0.1, -0.05) is 38.7 Å². The van der Waals surface area contributed by atoms with Gasteiger partial charge in [-0.2, -0.15) is 0 Å². The molecule has 1 aromatic rings. The minimum atomic E-state index is -1.12. The van der Waals surface area contributed by atoms with Crippen LogP contribution in [0.1, 0.15) is 61.9 Å². The smallest absolute Gasteiger partial charge is 0.335 e. The molecule has 0 saturated heterocycles. The van der Waals surface area contributed by atoms with Crippen LogP contribution in [-0.2, 0) is 11.3 Å². The third-order valence-electron chi connectivity index (χ3n) is 3.29. The van der Waals surface area contributed by atoms with Gasteiger partial charge in [0.2, 0.25) is 0 Å².